The zero-order chi connectivity index (χ0) is 13.9. The Hall–Kier alpha value is -1.50. The smallest absolute Gasteiger partial charge is 0.280 e. The van der Waals surface area contributed by atoms with Crippen LogP contribution in [0.4, 0.5) is 0 Å². The molecule has 19 heavy (non-hydrogen) atoms. The second kappa shape index (κ2) is 5.64. The van der Waals surface area contributed by atoms with Crippen molar-refractivity contribution in [2.45, 2.75) is 12.5 Å². The number of carbonyl (C=O) groups excluding carboxylic acids is 1. The maximum Gasteiger partial charge on any atom is 0.280 e. The fourth-order valence-corrected chi connectivity index (χ4v) is 2.56. The van der Waals surface area contributed by atoms with E-state index in [1.807, 2.05) is 24.3 Å². The molecule has 1 heterocycles. The average Bonchev–Trinajstić information content (AvgIpc) is 2.79. The molecule has 0 saturated carbocycles. The molecule has 0 radical (unpaired) electrons. The van der Waals surface area contributed by atoms with Gasteiger partial charge in [0.25, 0.3) is 5.91 Å². The fraction of sp³-hybridized carbons (Fsp3) is 0.385. The Morgan fingerprint density at radius 2 is 2.26 bits per heavy atom. The number of ether oxygens (including phenoxy) is 1. The van der Waals surface area contributed by atoms with Gasteiger partial charge in [-0.2, -0.15) is 0 Å². The molecule has 1 aromatic heterocycles. The highest BCUT2D eigenvalue weighted by Crippen LogP contribution is 2.21. The molecule has 1 aromatic carbocycles. The molecule has 0 aliphatic heterocycles. The van der Waals surface area contributed by atoms with Crippen molar-refractivity contribution in [2.75, 3.05) is 20.3 Å². The summed E-state index contributed by atoms with van der Waals surface area (Å²) in [4.78, 5) is 16.2. The van der Waals surface area contributed by atoms with E-state index >= 15 is 0 Å². The highest BCUT2D eigenvalue weighted by atomic mass is 32.1. The van der Waals surface area contributed by atoms with Gasteiger partial charge in [0.1, 0.15) is 5.60 Å². The number of hydrogen-bond acceptors (Lipinski definition) is 5. The normalized spacial score (nSPS) is 14.3. The van der Waals surface area contributed by atoms with Crippen molar-refractivity contribution in [3.8, 4) is 0 Å². The summed E-state index contributed by atoms with van der Waals surface area (Å²) >= 11 is 1.33. The van der Waals surface area contributed by atoms with Crippen molar-refractivity contribution in [2.24, 2.45) is 0 Å². The first-order chi connectivity index (χ1) is 9.02. The average molecular weight is 280 g/mol. The van der Waals surface area contributed by atoms with Crippen molar-refractivity contribution >= 4 is 27.5 Å². The van der Waals surface area contributed by atoms with Crippen LogP contribution in [-0.4, -0.2) is 41.9 Å². The maximum atomic E-state index is 12.0. The Morgan fingerprint density at radius 1 is 1.53 bits per heavy atom. The number of nitrogens with one attached hydrogen (secondary N) is 1. The third-order valence-corrected chi connectivity index (χ3v) is 3.61. The Morgan fingerprint density at radius 3 is 2.95 bits per heavy atom. The van der Waals surface area contributed by atoms with E-state index in [9.17, 15) is 9.90 Å². The van der Waals surface area contributed by atoms with E-state index in [1.165, 1.54) is 18.4 Å². The van der Waals surface area contributed by atoms with Crippen molar-refractivity contribution in [3.05, 3.63) is 29.3 Å². The molecule has 0 saturated heterocycles. The summed E-state index contributed by atoms with van der Waals surface area (Å²) < 4.78 is 5.85. The van der Waals surface area contributed by atoms with E-state index < -0.39 is 5.60 Å². The summed E-state index contributed by atoms with van der Waals surface area (Å²) in [5, 5.41) is 13.0. The van der Waals surface area contributed by atoms with Crippen LogP contribution in [-0.2, 0) is 4.74 Å². The van der Waals surface area contributed by atoms with Crippen LogP contribution in [0.5, 0.6) is 0 Å². The number of methoxy groups -OCH3 is 1. The highest BCUT2D eigenvalue weighted by Gasteiger charge is 2.22. The lowest BCUT2D eigenvalue weighted by Crippen LogP contribution is -2.43. The van der Waals surface area contributed by atoms with E-state index in [4.69, 9.17) is 4.74 Å². The number of nitrogens with zero attached hydrogens (tertiary/aromatic N) is 1. The fourth-order valence-electron chi connectivity index (χ4n) is 1.68. The van der Waals surface area contributed by atoms with Gasteiger partial charge >= 0.3 is 0 Å². The summed E-state index contributed by atoms with van der Waals surface area (Å²) in [6.07, 6.45) is 0. The quantitative estimate of drug-likeness (QED) is 0.869. The van der Waals surface area contributed by atoms with E-state index in [0.29, 0.717) is 5.01 Å². The van der Waals surface area contributed by atoms with Gasteiger partial charge in [0.05, 0.1) is 16.8 Å². The van der Waals surface area contributed by atoms with Gasteiger partial charge in [0.15, 0.2) is 5.01 Å². The number of aliphatic hydroxyl groups is 1. The molecule has 6 heteroatoms. The third-order valence-electron chi connectivity index (χ3n) is 2.57. The predicted molar refractivity (Wildman–Crippen MR) is 74.5 cm³/mol. The maximum absolute atomic E-state index is 12.0. The minimum Gasteiger partial charge on any atom is -0.386 e. The summed E-state index contributed by atoms with van der Waals surface area (Å²) in [6, 6.07) is 7.58. The number of benzene rings is 1. The van der Waals surface area contributed by atoms with Gasteiger partial charge in [-0.1, -0.05) is 12.1 Å². The Kier molecular flexibility index (Phi) is 4.14. The van der Waals surface area contributed by atoms with Crippen LogP contribution in [0.1, 0.15) is 16.7 Å². The van der Waals surface area contributed by atoms with Gasteiger partial charge in [0.2, 0.25) is 0 Å². The predicted octanol–water partition coefficient (Wildman–Crippen LogP) is 1.42. The van der Waals surface area contributed by atoms with Gasteiger partial charge in [-0.25, -0.2) is 4.98 Å². The van der Waals surface area contributed by atoms with Crippen molar-refractivity contribution < 1.29 is 14.6 Å². The van der Waals surface area contributed by atoms with E-state index in [0.717, 1.165) is 10.2 Å². The van der Waals surface area contributed by atoms with Crippen LogP contribution in [0.3, 0.4) is 0 Å². The zero-order valence-corrected chi connectivity index (χ0v) is 11.7. The second-order valence-corrected chi connectivity index (χ2v) is 5.63. The van der Waals surface area contributed by atoms with Crippen molar-refractivity contribution in [1.29, 1.82) is 0 Å². The molecule has 2 aromatic rings. The van der Waals surface area contributed by atoms with E-state index in [1.54, 1.807) is 6.92 Å². The minimum absolute atomic E-state index is 0.121. The number of carbonyl (C=O) groups is 1. The lowest BCUT2D eigenvalue weighted by Gasteiger charge is -2.22. The van der Waals surface area contributed by atoms with E-state index in [2.05, 4.69) is 10.3 Å². The first-order valence-electron chi connectivity index (χ1n) is 5.87. The summed E-state index contributed by atoms with van der Waals surface area (Å²) in [5.74, 6) is -0.280. The SMILES string of the molecule is COCC(C)(O)CNC(=O)c1nc2ccccc2s1. The Balaban J connectivity index is 2.04. The lowest BCUT2D eigenvalue weighted by atomic mass is 10.1. The van der Waals surface area contributed by atoms with Crippen molar-refractivity contribution in [3.63, 3.8) is 0 Å². The number of thiazole rings is 1. The number of para-hydroxylation sites is 1. The number of amides is 1. The molecule has 0 aliphatic carbocycles. The molecular weight excluding hydrogens is 264 g/mol. The van der Waals surface area contributed by atoms with Crippen LogP contribution in [0.15, 0.2) is 24.3 Å². The molecule has 1 unspecified atom stereocenters. The van der Waals surface area contributed by atoms with Gasteiger partial charge < -0.3 is 15.2 Å². The molecule has 2 N–H and O–H groups in total. The number of rotatable bonds is 5. The van der Waals surface area contributed by atoms with Crippen LogP contribution < -0.4 is 5.32 Å². The monoisotopic (exact) mass is 280 g/mol. The molecule has 5 nitrogen and oxygen atoms in total. The summed E-state index contributed by atoms with van der Waals surface area (Å²) in [6.45, 7) is 1.89. The molecule has 102 valence electrons. The first-order valence-corrected chi connectivity index (χ1v) is 6.68. The summed E-state index contributed by atoms with van der Waals surface area (Å²) in [5.41, 5.74) is -0.275. The minimum atomic E-state index is -1.08. The van der Waals surface area contributed by atoms with Gasteiger partial charge in [-0.05, 0) is 19.1 Å². The largest absolute Gasteiger partial charge is 0.386 e. The van der Waals surface area contributed by atoms with Crippen LogP contribution in [0.2, 0.25) is 0 Å². The molecule has 0 spiro atoms. The second-order valence-electron chi connectivity index (χ2n) is 4.60. The van der Waals surface area contributed by atoms with Gasteiger partial charge in [-0.3, -0.25) is 4.79 Å². The van der Waals surface area contributed by atoms with Gasteiger partial charge in [-0.15, -0.1) is 11.3 Å². The molecule has 1 amide bonds. The third kappa shape index (κ3) is 3.50. The molecular formula is C13H16N2O3S. The Labute approximate surface area is 115 Å². The molecule has 0 bridgehead atoms. The summed E-state index contributed by atoms with van der Waals surface area (Å²) in [7, 11) is 1.50. The van der Waals surface area contributed by atoms with Crippen LogP contribution in [0, 0.1) is 0 Å². The lowest BCUT2D eigenvalue weighted by molar-refractivity contribution is -0.0147. The number of fused-ring (bicyclic) bond motifs is 1. The number of hydrogen-bond donors (Lipinski definition) is 2. The molecule has 1 atom stereocenters. The number of aromatic nitrogens is 1. The standard InChI is InChI=1S/C13H16N2O3S/c1-13(17,8-18-2)7-14-11(16)12-15-9-5-3-4-6-10(9)19-12/h3-6,17H,7-8H2,1-2H3,(H,14,16). The van der Waals surface area contributed by atoms with Crippen molar-refractivity contribution in [1.82, 2.24) is 10.3 Å². The van der Waals surface area contributed by atoms with Crippen LogP contribution >= 0.6 is 11.3 Å². The Bertz CT molecular complexity index is 547. The first kappa shape index (κ1) is 13.9. The topological polar surface area (TPSA) is 71.5 Å². The molecule has 0 aliphatic rings. The zero-order valence-electron chi connectivity index (χ0n) is 10.8. The molecule has 2 rings (SSSR count). The highest BCUT2D eigenvalue weighted by molar-refractivity contribution is 7.20. The van der Waals surface area contributed by atoms with E-state index in [-0.39, 0.29) is 19.1 Å². The molecule has 0 fully saturated rings. The van der Waals surface area contributed by atoms with Gasteiger partial charge in [0, 0.05) is 13.7 Å². The van der Waals surface area contributed by atoms with Crippen LogP contribution in [0.25, 0.3) is 10.2 Å².